The fraction of sp³-hybridized carbons (Fsp3) is 0.222. The molecular formula is C9H10O3S. The summed E-state index contributed by atoms with van der Waals surface area (Å²) in [7, 11) is 0. The average Bonchev–Trinajstić information content (AvgIpc) is 2.08. The van der Waals surface area contributed by atoms with E-state index >= 15 is 0 Å². The minimum atomic E-state index is -0.996. The van der Waals surface area contributed by atoms with Crippen LogP contribution in [0.5, 0.6) is 0 Å². The number of aliphatic hydroxyl groups is 1. The summed E-state index contributed by atoms with van der Waals surface area (Å²) in [6.07, 6.45) is 0.431. The molecule has 0 amide bonds. The van der Waals surface area contributed by atoms with Crippen LogP contribution in [0.25, 0.3) is 0 Å². The summed E-state index contributed by atoms with van der Waals surface area (Å²) in [6, 6.07) is 4.89. The Morgan fingerprint density at radius 2 is 2.15 bits per heavy atom. The number of carbonyl (C=O) groups is 1. The standard InChI is InChI=1S/C9H10O3S/c10-5-4-6-2-1-3-7(8(6)13)9(11)12/h1-3,10,13H,4-5H2,(H,11,12). The van der Waals surface area contributed by atoms with Gasteiger partial charge in [-0.05, 0) is 18.1 Å². The van der Waals surface area contributed by atoms with Crippen molar-refractivity contribution in [2.75, 3.05) is 6.61 Å². The predicted octanol–water partition coefficient (Wildman–Crippen LogP) is 1.21. The highest BCUT2D eigenvalue weighted by Gasteiger charge is 2.09. The average molecular weight is 198 g/mol. The lowest BCUT2D eigenvalue weighted by Gasteiger charge is -2.05. The van der Waals surface area contributed by atoms with E-state index in [1.165, 1.54) is 6.07 Å². The quantitative estimate of drug-likeness (QED) is 0.640. The zero-order valence-electron chi connectivity index (χ0n) is 6.90. The minimum absolute atomic E-state index is 0.00334. The molecule has 70 valence electrons. The maximum Gasteiger partial charge on any atom is 0.336 e. The molecule has 0 aliphatic rings. The van der Waals surface area contributed by atoms with Gasteiger partial charge in [-0.2, -0.15) is 0 Å². The second-order valence-electron chi connectivity index (χ2n) is 2.59. The zero-order valence-corrected chi connectivity index (χ0v) is 7.79. The SMILES string of the molecule is O=C(O)c1cccc(CCO)c1S. The van der Waals surface area contributed by atoms with Gasteiger partial charge in [0.2, 0.25) is 0 Å². The Hall–Kier alpha value is -1.00. The first-order valence-electron chi connectivity index (χ1n) is 3.82. The Morgan fingerprint density at radius 1 is 1.46 bits per heavy atom. The molecule has 0 spiro atoms. The van der Waals surface area contributed by atoms with Crippen molar-refractivity contribution < 1.29 is 15.0 Å². The van der Waals surface area contributed by atoms with Crippen molar-refractivity contribution in [2.24, 2.45) is 0 Å². The van der Waals surface area contributed by atoms with E-state index in [0.29, 0.717) is 11.3 Å². The monoisotopic (exact) mass is 198 g/mol. The third kappa shape index (κ3) is 2.23. The maximum absolute atomic E-state index is 10.7. The molecule has 0 saturated heterocycles. The van der Waals surface area contributed by atoms with E-state index in [9.17, 15) is 4.79 Å². The Labute approximate surface area is 81.4 Å². The van der Waals surface area contributed by atoms with Crippen molar-refractivity contribution in [3.05, 3.63) is 29.3 Å². The number of rotatable bonds is 3. The van der Waals surface area contributed by atoms with Crippen LogP contribution in [-0.2, 0) is 6.42 Å². The van der Waals surface area contributed by atoms with E-state index in [1.807, 2.05) is 0 Å². The van der Waals surface area contributed by atoms with Gasteiger partial charge in [0.1, 0.15) is 0 Å². The lowest BCUT2D eigenvalue weighted by atomic mass is 10.1. The van der Waals surface area contributed by atoms with Crippen LogP contribution in [0.3, 0.4) is 0 Å². The van der Waals surface area contributed by atoms with E-state index in [1.54, 1.807) is 12.1 Å². The van der Waals surface area contributed by atoms with Crippen molar-refractivity contribution in [1.82, 2.24) is 0 Å². The van der Waals surface area contributed by atoms with E-state index in [4.69, 9.17) is 10.2 Å². The van der Waals surface area contributed by atoms with Crippen LogP contribution in [0.2, 0.25) is 0 Å². The number of aromatic carboxylic acids is 1. The van der Waals surface area contributed by atoms with Gasteiger partial charge in [0, 0.05) is 11.5 Å². The molecule has 2 N–H and O–H groups in total. The van der Waals surface area contributed by atoms with Crippen molar-refractivity contribution in [2.45, 2.75) is 11.3 Å². The predicted molar refractivity (Wildman–Crippen MR) is 51.4 cm³/mol. The molecule has 3 nitrogen and oxygen atoms in total. The summed E-state index contributed by atoms with van der Waals surface area (Å²) in [5.74, 6) is -0.996. The normalized spacial score (nSPS) is 10.0. The van der Waals surface area contributed by atoms with Crippen LogP contribution in [0.4, 0.5) is 0 Å². The number of hydrogen-bond donors (Lipinski definition) is 3. The number of carboxylic acids is 1. The first kappa shape index (κ1) is 10.1. The van der Waals surface area contributed by atoms with Crippen molar-refractivity contribution in [1.29, 1.82) is 0 Å². The number of carboxylic acid groups (broad SMARTS) is 1. The molecule has 0 aromatic heterocycles. The van der Waals surface area contributed by atoms with Crippen LogP contribution in [0.15, 0.2) is 23.1 Å². The fourth-order valence-corrected chi connectivity index (χ4v) is 1.44. The second kappa shape index (κ2) is 4.30. The Kier molecular flexibility index (Phi) is 3.33. The van der Waals surface area contributed by atoms with Crippen molar-refractivity contribution in [3.63, 3.8) is 0 Å². The molecule has 0 saturated carbocycles. The number of aliphatic hydroxyl groups excluding tert-OH is 1. The summed E-state index contributed by atoms with van der Waals surface area (Å²) in [4.78, 5) is 11.1. The molecule has 0 atom stereocenters. The van der Waals surface area contributed by atoms with Gasteiger partial charge in [-0.25, -0.2) is 4.79 Å². The van der Waals surface area contributed by atoms with Gasteiger partial charge in [-0.3, -0.25) is 0 Å². The Morgan fingerprint density at radius 3 is 2.69 bits per heavy atom. The van der Waals surface area contributed by atoms with Crippen LogP contribution < -0.4 is 0 Å². The van der Waals surface area contributed by atoms with Gasteiger partial charge >= 0.3 is 5.97 Å². The highest BCUT2D eigenvalue weighted by molar-refractivity contribution is 7.80. The topological polar surface area (TPSA) is 57.5 Å². The molecule has 0 aliphatic heterocycles. The molecule has 0 aliphatic carbocycles. The highest BCUT2D eigenvalue weighted by atomic mass is 32.1. The number of benzene rings is 1. The van der Waals surface area contributed by atoms with Gasteiger partial charge in [-0.15, -0.1) is 12.6 Å². The maximum atomic E-state index is 10.7. The summed E-state index contributed by atoms with van der Waals surface area (Å²) in [5.41, 5.74) is 0.931. The van der Waals surface area contributed by atoms with E-state index < -0.39 is 5.97 Å². The van der Waals surface area contributed by atoms with Gasteiger partial charge < -0.3 is 10.2 Å². The largest absolute Gasteiger partial charge is 0.478 e. The van der Waals surface area contributed by atoms with Crippen LogP contribution >= 0.6 is 12.6 Å². The van der Waals surface area contributed by atoms with E-state index in [-0.39, 0.29) is 12.2 Å². The molecule has 0 heterocycles. The minimum Gasteiger partial charge on any atom is -0.478 e. The van der Waals surface area contributed by atoms with Gasteiger partial charge in [0.05, 0.1) is 5.56 Å². The summed E-state index contributed by atoms with van der Waals surface area (Å²) in [6.45, 7) is -0.00334. The molecular weight excluding hydrogens is 188 g/mol. The van der Waals surface area contributed by atoms with Crippen molar-refractivity contribution in [3.8, 4) is 0 Å². The molecule has 1 aromatic carbocycles. The summed E-state index contributed by atoms with van der Waals surface area (Å²) >= 11 is 4.09. The number of thiol groups is 1. The first-order valence-corrected chi connectivity index (χ1v) is 4.26. The fourth-order valence-electron chi connectivity index (χ4n) is 1.09. The highest BCUT2D eigenvalue weighted by Crippen LogP contribution is 2.19. The smallest absolute Gasteiger partial charge is 0.336 e. The Balaban J connectivity index is 3.10. The van der Waals surface area contributed by atoms with Crippen LogP contribution in [0, 0.1) is 0 Å². The lowest BCUT2D eigenvalue weighted by molar-refractivity contribution is 0.0693. The van der Waals surface area contributed by atoms with Gasteiger partial charge in [-0.1, -0.05) is 12.1 Å². The third-order valence-corrected chi connectivity index (χ3v) is 2.26. The molecule has 0 radical (unpaired) electrons. The molecule has 1 aromatic rings. The molecule has 13 heavy (non-hydrogen) atoms. The van der Waals surface area contributed by atoms with Gasteiger partial charge in [0.25, 0.3) is 0 Å². The summed E-state index contributed by atoms with van der Waals surface area (Å²) < 4.78 is 0. The van der Waals surface area contributed by atoms with E-state index in [2.05, 4.69) is 12.6 Å². The van der Waals surface area contributed by atoms with E-state index in [0.717, 1.165) is 5.56 Å². The lowest BCUT2D eigenvalue weighted by Crippen LogP contribution is -2.01. The molecule has 4 heteroatoms. The van der Waals surface area contributed by atoms with Gasteiger partial charge in [0.15, 0.2) is 0 Å². The third-order valence-electron chi connectivity index (χ3n) is 1.73. The Bertz CT molecular complexity index is 323. The molecule has 0 unspecified atom stereocenters. The second-order valence-corrected chi connectivity index (χ2v) is 3.04. The zero-order chi connectivity index (χ0) is 9.84. The molecule has 0 bridgehead atoms. The van der Waals surface area contributed by atoms with Crippen LogP contribution in [0.1, 0.15) is 15.9 Å². The summed E-state index contributed by atoms with van der Waals surface area (Å²) in [5, 5.41) is 17.4. The first-order chi connectivity index (χ1) is 6.16. The van der Waals surface area contributed by atoms with Crippen LogP contribution in [-0.4, -0.2) is 22.8 Å². The molecule has 0 fully saturated rings. The molecule has 1 rings (SSSR count). The van der Waals surface area contributed by atoms with Crippen molar-refractivity contribution >= 4 is 18.6 Å². The number of hydrogen-bond acceptors (Lipinski definition) is 3.